The highest BCUT2D eigenvalue weighted by atomic mass is 19.1. The van der Waals surface area contributed by atoms with Crippen molar-refractivity contribution in [2.45, 2.75) is 27.7 Å². The lowest BCUT2D eigenvalue weighted by atomic mass is 10.2. The molecule has 0 unspecified atom stereocenters. The molecule has 23 heavy (non-hydrogen) atoms. The molecule has 4 nitrogen and oxygen atoms in total. The maximum atomic E-state index is 13.7. The van der Waals surface area contributed by atoms with E-state index in [9.17, 15) is 13.6 Å². The summed E-state index contributed by atoms with van der Waals surface area (Å²) in [4.78, 5) is 14.8. The van der Waals surface area contributed by atoms with Crippen LogP contribution >= 0.6 is 0 Å². The number of halogens is 2. The van der Waals surface area contributed by atoms with Crippen LogP contribution in [0, 0.1) is 25.5 Å². The van der Waals surface area contributed by atoms with Gasteiger partial charge in [0.15, 0.2) is 6.29 Å². The van der Waals surface area contributed by atoms with E-state index < -0.39 is 11.6 Å². The molecule has 0 bridgehead atoms. The van der Waals surface area contributed by atoms with Crippen molar-refractivity contribution in [2.75, 3.05) is 12.4 Å². The summed E-state index contributed by atoms with van der Waals surface area (Å²) in [5, 5.41) is 9.70. The molecule has 2 rings (SSSR count). The van der Waals surface area contributed by atoms with E-state index in [0.717, 1.165) is 18.7 Å². The Kier molecular flexibility index (Phi) is 9.34. The molecule has 1 heterocycles. The van der Waals surface area contributed by atoms with Crippen molar-refractivity contribution < 1.29 is 18.7 Å². The van der Waals surface area contributed by atoms with Crippen molar-refractivity contribution in [3.8, 4) is 0 Å². The molecule has 1 aromatic heterocycles. The largest absolute Gasteiger partial charge is 0.400 e. The molecule has 0 amide bonds. The summed E-state index contributed by atoms with van der Waals surface area (Å²) in [5.41, 5.74) is 1.15. The second-order valence-electron chi connectivity index (χ2n) is 4.22. The highest BCUT2D eigenvalue weighted by molar-refractivity contribution is 5.84. The number of aldehydes is 1. The zero-order valence-corrected chi connectivity index (χ0v) is 13.9. The van der Waals surface area contributed by atoms with Crippen molar-refractivity contribution in [1.82, 2.24) is 4.98 Å². The van der Waals surface area contributed by atoms with Gasteiger partial charge in [-0.1, -0.05) is 19.9 Å². The minimum Gasteiger partial charge on any atom is -0.400 e. The monoisotopic (exact) mass is 324 g/mol. The van der Waals surface area contributed by atoms with Gasteiger partial charge in [0, 0.05) is 7.11 Å². The van der Waals surface area contributed by atoms with Gasteiger partial charge in [0.1, 0.15) is 17.5 Å². The van der Waals surface area contributed by atoms with Gasteiger partial charge in [0.25, 0.3) is 0 Å². The average molecular weight is 324 g/mol. The Morgan fingerprint density at radius 3 is 2.22 bits per heavy atom. The summed E-state index contributed by atoms with van der Waals surface area (Å²) in [5.74, 6) is -0.894. The predicted octanol–water partition coefficient (Wildman–Crippen LogP) is 4.17. The molecule has 0 atom stereocenters. The molecule has 0 radical (unpaired) electrons. The zero-order chi connectivity index (χ0) is 18.0. The second-order valence-corrected chi connectivity index (χ2v) is 4.22. The first-order valence-corrected chi connectivity index (χ1v) is 7.11. The lowest BCUT2D eigenvalue weighted by Crippen LogP contribution is -2.03. The minimum absolute atomic E-state index is 0.0445. The van der Waals surface area contributed by atoms with Gasteiger partial charge in [-0.25, -0.2) is 13.8 Å². The van der Waals surface area contributed by atoms with Crippen molar-refractivity contribution in [1.29, 1.82) is 0 Å². The Morgan fingerprint density at radius 1 is 1.09 bits per heavy atom. The third-order valence-electron chi connectivity index (χ3n) is 2.69. The van der Waals surface area contributed by atoms with Crippen molar-refractivity contribution in [3.05, 3.63) is 52.7 Å². The predicted molar refractivity (Wildman–Crippen MR) is 88.2 cm³/mol. The lowest BCUT2D eigenvalue weighted by Gasteiger charge is -2.10. The third-order valence-corrected chi connectivity index (χ3v) is 2.69. The molecule has 126 valence electrons. The number of carbonyl (C=O) groups excluding carboxylic acids is 1. The van der Waals surface area contributed by atoms with Gasteiger partial charge < -0.3 is 10.4 Å². The normalized spacial score (nSPS) is 9.04. The van der Waals surface area contributed by atoms with Gasteiger partial charge in [-0.05, 0) is 37.6 Å². The van der Waals surface area contributed by atoms with E-state index in [1.165, 1.54) is 13.0 Å². The summed E-state index contributed by atoms with van der Waals surface area (Å²) in [7, 11) is 1.00. The fourth-order valence-electron chi connectivity index (χ4n) is 1.63. The maximum absolute atomic E-state index is 13.7. The van der Waals surface area contributed by atoms with Gasteiger partial charge in [-0.3, -0.25) is 4.79 Å². The average Bonchev–Trinajstić information content (AvgIpc) is 2.57. The molecular formula is C17H22F2N2O2. The third kappa shape index (κ3) is 5.75. The van der Waals surface area contributed by atoms with Gasteiger partial charge >= 0.3 is 0 Å². The van der Waals surface area contributed by atoms with Crippen LogP contribution in [-0.4, -0.2) is 23.5 Å². The summed E-state index contributed by atoms with van der Waals surface area (Å²) in [6.07, 6.45) is 0.476. The van der Waals surface area contributed by atoms with Gasteiger partial charge in [0.05, 0.1) is 16.9 Å². The highest BCUT2D eigenvalue weighted by Gasteiger charge is 2.11. The van der Waals surface area contributed by atoms with E-state index in [4.69, 9.17) is 5.11 Å². The van der Waals surface area contributed by atoms with Crippen LogP contribution in [-0.2, 0) is 0 Å². The number of carbonyl (C=O) groups is 1. The zero-order valence-electron chi connectivity index (χ0n) is 13.9. The van der Waals surface area contributed by atoms with Crippen LogP contribution in [0.4, 0.5) is 20.3 Å². The number of nitrogens with one attached hydrogen (secondary N) is 1. The number of nitrogens with zero attached hydrogens (tertiary/aromatic N) is 1. The maximum Gasteiger partial charge on any atom is 0.153 e. The number of hydrogen-bond donors (Lipinski definition) is 2. The topological polar surface area (TPSA) is 62.2 Å². The molecule has 6 heteroatoms. The minimum atomic E-state index is -0.572. The summed E-state index contributed by atoms with van der Waals surface area (Å²) in [6.45, 7) is 7.24. The number of aliphatic hydroxyl groups is 1. The van der Waals surface area contributed by atoms with Crippen LogP contribution in [0.1, 0.15) is 35.5 Å². The van der Waals surface area contributed by atoms with Crippen LogP contribution in [0.15, 0.2) is 24.3 Å². The standard InChI is InChI=1S/C14H12F2N2O.C2H6.CH4O/c1-8-3-4-13(12(16)5-8)18-14-10(7-19)6-11(15)9(2)17-14;2*1-2/h3-7H,1-2H3,(H,17,18);1-2H3;2H,1H3. The number of pyridine rings is 1. The van der Waals surface area contributed by atoms with E-state index in [2.05, 4.69) is 10.3 Å². The van der Waals surface area contributed by atoms with E-state index >= 15 is 0 Å². The number of anilines is 2. The van der Waals surface area contributed by atoms with Crippen molar-refractivity contribution in [3.63, 3.8) is 0 Å². The van der Waals surface area contributed by atoms with Crippen LogP contribution < -0.4 is 5.32 Å². The van der Waals surface area contributed by atoms with Crippen LogP contribution in [0.2, 0.25) is 0 Å². The number of aryl methyl sites for hydroxylation is 2. The van der Waals surface area contributed by atoms with E-state index in [0.29, 0.717) is 6.29 Å². The molecule has 2 N–H and O–H groups in total. The van der Waals surface area contributed by atoms with Crippen molar-refractivity contribution in [2.24, 2.45) is 0 Å². The lowest BCUT2D eigenvalue weighted by molar-refractivity contribution is 0.112. The first-order chi connectivity index (χ1) is 11.0. The molecule has 0 saturated heterocycles. The Morgan fingerprint density at radius 2 is 1.70 bits per heavy atom. The molecule has 2 aromatic rings. The molecule has 0 aliphatic heterocycles. The summed E-state index contributed by atoms with van der Waals surface area (Å²) >= 11 is 0. The van der Waals surface area contributed by atoms with Gasteiger partial charge in [0.2, 0.25) is 0 Å². The summed E-state index contributed by atoms with van der Waals surface area (Å²) in [6, 6.07) is 5.70. The SMILES string of the molecule is CC.CO.Cc1ccc(Nc2nc(C)c(F)cc2C=O)c(F)c1. The van der Waals surface area contributed by atoms with Crippen LogP contribution in [0.5, 0.6) is 0 Å². The number of aliphatic hydroxyl groups excluding tert-OH is 1. The molecule has 0 spiro atoms. The Bertz CT molecular complexity index is 647. The van der Waals surface area contributed by atoms with E-state index in [-0.39, 0.29) is 22.8 Å². The number of aromatic nitrogens is 1. The molecule has 0 aliphatic rings. The number of rotatable bonds is 3. The number of hydrogen-bond acceptors (Lipinski definition) is 4. The van der Waals surface area contributed by atoms with Gasteiger partial charge in [-0.2, -0.15) is 0 Å². The fraction of sp³-hybridized carbons (Fsp3) is 0.294. The smallest absolute Gasteiger partial charge is 0.153 e. The Labute approximate surface area is 135 Å². The Balaban J connectivity index is 0.00000112. The molecule has 0 aliphatic carbocycles. The first kappa shape index (κ1) is 20.7. The van der Waals surface area contributed by atoms with Gasteiger partial charge in [-0.15, -0.1) is 0 Å². The first-order valence-electron chi connectivity index (χ1n) is 7.11. The highest BCUT2D eigenvalue weighted by Crippen LogP contribution is 2.22. The van der Waals surface area contributed by atoms with E-state index in [1.54, 1.807) is 19.1 Å². The summed E-state index contributed by atoms with van der Waals surface area (Å²) < 4.78 is 27.0. The van der Waals surface area contributed by atoms with Crippen LogP contribution in [0.3, 0.4) is 0 Å². The quantitative estimate of drug-likeness (QED) is 0.832. The Hall–Kier alpha value is -2.34. The van der Waals surface area contributed by atoms with Crippen molar-refractivity contribution >= 4 is 17.8 Å². The van der Waals surface area contributed by atoms with Crippen LogP contribution in [0.25, 0.3) is 0 Å². The molecule has 0 fully saturated rings. The number of benzene rings is 1. The molecule has 1 aromatic carbocycles. The fourth-order valence-corrected chi connectivity index (χ4v) is 1.63. The molecular weight excluding hydrogens is 302 g/mol. The molecule has 0 saturated carbocycles. The van der Waals surface area contributed by atoms with E-state index in [1.807, 2.05) is 13.8 Å². The second kappa shape index (κ2) is 10.4.